The van der Waals surface area contributed by atoms with Crippen LogP contribution in [0.2, 0.25) is 5.02 Å². The Morgan fingerprint density at radius 3 is 2.86 bits per heavy atom. The first-order valence-electron chi connectivity index (χ1n) is 8.39. The van der Waals surface area contributed by atoms with E-state index in [0.29, 0.717) is 27.7 Å². The fourth-order valence-electron chi connectivity index (χ4n) is 3.12. The molecule has 2 amide bonds. The van der Waals surface area contributed by atoms with Gasteiger partial charge in [0, 0.05) is 16.3 Å². The minimum Gasteiger partial charge on any atom is -0.423 e. The molecular formula is C18H15ClN4O4S. The number of rotatable bonds is 3. The first-order chi connectivity index (χ1) is 13.4. The fraction of sp³-hybridized carbons (Fsp3) is 0.167. The Hall–Kier alpha value is -2.91. The minimum atomic E-state index is -3.37. The largest absolute Gasteiger partial charge is 0.423 e. The van der Waals surface area contributed by atoms with Crippen molar-refractivity contribution in [1.29, 1.82) is 0 Å². The molecule has 2 heterocycles. The molecule has 0 bridgehead atoms. The van der Waals surface area contributed by atoms with E-state index in [2.05, 4.69) is 20.8 Å². The zero-order chi connectivity index (χ0) is 19.7. The summed E-state index contributed by atoms with van der Waals surface area (Å²) in [5.74, 6) is 0.296. The average Bonchev–Trinajstić information content (AvgIpc) is 3.19. The van der Waals surface area contributed by atoms with Crippen molar-refractivity contribution < 1.29 is 17.6 Å². The van der Waals surface area contributed by atoms with Gasteiger partial charge in [0.15, 0.2) is 9.84 Å². The van der Waals surface area contributed by atoms with E-state index in [1.807, 2.05) is 0 Å². The van der Waals surface area contributed by atoms with Crippen molar-refractivity contribution >= 4 is 33.2 Å². The van der Waals surface area contributed by atoms with Gasteiger partial charge in [0.25, 0.3) is 0 Å². The van der Waals surface area contributed by atoms with Crippen LogP contribution in [0.15, 0.2) is 58.2 Å². The van der Waals surface area contributed by atoms with E-state index in [-0.39, 0.29) is 17.1 Å². The molecule has 1 atom stereocenters. The number of nitrogens with one attached hydrogen (secondary N) is 2. The smallest absolute Gasteiger partial charge is 0.319 e. The van der Waals surface area contributed by atoms with Gasteiger partial charge in [-0.05, 0) is 48.4 Å². The van der Waals surface area contributed by atoms with E-state index in [9.17, 15) is 13.2 Å². The van der Waals surface area contributed by atoms with Crippen LogP contribution < -0.4 is 10.6 Å². The third-order valence-electron chi connectivity index (χ3n) is 4.39. The minimum absolute atomic E-state index is 0.0424. The van der Waals surface area contributed by atoms with Gasteiger partial charge >= 0.3 is 6.03 Å². The second kappa shape index (κ2) is 7.25. The molecule has 0 unspecified atom stereocenters. The number of amides is 2. The monoisotopic (exact) mass is 418 g/mol. The van der Waals surface area contributed by atoms with Crippen molar-refractivity contribution in [3.05, 3.63) is 59.4 Å². The Balaban J connectivity index is 1.52. The van der Waals surface area contributed by atoms with E-state index in [4.69, 9.17) is 16.0 Å². The molecule has 1 aliphatic heterocycles. The SMILES string of the molecule is O=C(Nc1cccc(-c2nnco2)c1)N[C@H]1CCS(=O)(=O)c2ccc(Cl)cc21. The second-order valence-corrected chi connectivity index (χ2v) is 8.78. The molecule has 2 aromatic carbocycles. The number of nitrogens with zero attached hydrogens (tertiary/aromatic N) is 2. The van der Waals surface area contributed by atoms with Gasteiger partial charge in [-0.3, -0.25) is 0 Å². The predicted molar refractivity (Wildman–Crippen MR) is 103 cm³/mol. The summed E-state index contributed by atoms with van der Waals surface area (Å²) in [5.41, 5.74) is 1.69. The first kappa shape index (κ1) is 18.5. The Bertz CT molecular complexity index is 1130. The summed E-state index contributed by atoms with van der Waals surface area (Å²) in [5, 5.41) is 13.4. The highest BCUT2D eigenvalue weighted by Gasteiger charge is 2.31. The molecule has 10 heteroatoms. The second-order valence-electron chi connectivity index (χ2n) is 6.27. The molecule has 4 rings (SSSR count). The van der Waals surface area contributed by atoms with Gasteiger partial charge in [0.2, 0.25) is 12.3 Å². The molecule has 1 aromatic heterocycles. The number of aromatic nitrogens is 2. The first-order valence-corrected chi connectivity index (χ1v) is 10.4. The van der Waals surface area contributed by atoms with Crippen LogP contribution in [0.3, 0.4) is 0 Å². The Labute approximate surface area is 165 Å². The zero-order valence-electron chi connectivity index (χ0n) is 14.4. The topological polar surface area (TPSA) is 114 Å². The van der Waals surface area contributed by atoms with Gasteiger partial charge in [0.1, 0.15) is 0 Å². The van der Waals surface area contributed by atoms with E-state index in [0.717, 1.165) is 0 Å². The lowest BCUT2D eigenvalue weighted by atomic mass is 10.0. The van der Waals surface area contributed by atoms with Crippen molar-refractivity contribution in [3.8, 4) is 11.5 Å². The van der Waals surface area contributed by atoms with Crippen LogP contribution in [0.1, 0.15) is 18.0 Å². The van der Waals surface area contributed by atoms with Crippen molar-refractivity contribution in [2.24, 2.45) is 0 Å². The number of carbonyl (C=O) groups is 1. The van der Waals surface area contributed by atoms with Gasteiger partial charge in [-0.15, -0.1) is 10.2 Å². The molecule has 8 nitrogen and oxygen atoms in total. The van der Waals surface area contributed by atoms with E-state index in [1.54, 1.807) is 30.3 Å². The van der Waals surface area contributed by atoms with E-state index < -0.39 is 21.9 Å². The third-order valence-corrected chi connectivity index (χ3v) is 6.44. The molecule has 144 valence electrons. The summed E-state index contributed by atoms with van der Waals surface area (Å²) < 4.78 is 29.7. The lowest BCUT2D eigenvalue weighted by Crippen LogP contribution is -2.36. The van der Waals surface area contributed by atoms with Crippen LogP contribution in [0.25, 0.3) is 11.5 Å². The normalized spacial score (nSPS) is 17.5. The van der Waals surface area contributed by atoms with Crippen molar-refractivity contribution in [2.75, 3.05) is 11.1 Å². The Morgan fingerprint density at radius 1 is 1.21 bits per heavy atom. The summed E-state index contributed by atoms with van der Waals surface area (Å²) >= 11 is 6.02. The molecular weight excluding hydrogens is 404 g/mol. The quantitative estimate of drug-likeness (QED) is 0.673. The number of anilines is 1. The summed E-state index contributed by atoms with van der Waals surface area (Å²) in [6.07, 6.45) is 1.49. The molecule has 0 radical (unpaired) electrons. The number of halogens is 1. The molecule has 0 aliphatic carbocycles. The van der Waals surface area contributed by atoms with E-state index >= 15 is 0 Å². The van der Waals surface area contributed by atoms with Crippen molar-refractivity contribution in [2.45, 2.75) is 17.4 Å². The number of sulfone groups is 1. The van der Waals surface area contributed by atoms with Gasteiger partial charge in [0.05, 0.1) is 16.7 Å². The van der Waals surface area contributed by atoms with Crippen LogP contribution in [-0.4, -0.2) is 30.4 Å². The zero-order valence-corrected chi connectivity index (χ0v) is 16.0. The standard InChI is InChI=1S/C18H15ClN4O4S/c19-12-4-5-16-14(9-12)15(6-7-28(16,25)26)22-18(24)21-13-3-1-2-11(8-13)17-23-20-10-27-17/h1-5,8-10,15H,6-7H2,(H2,21,22,24)/t15-/m0/s1. The average molecular weight is 419 g/mol. The van der Waals surface area contributed by atoms with Gasteiger partial charge in [-0.2, -0.15) is 0 Å². The number of fused-ring (bicyclic) bond motifs is 1. The maximum absolute atomic E-state index is 12.5. The third kappa shape index (κ3) is 3.71. The van der Waals surface area contributed by atoms with E-state index in [1.165, 1.54) is 18.5 Å². The van der Waals surface area contributed by atoms with Crippen LogP contribution in [-0.2, 0) is 9.84 Å². The highest BCUT2D eigenvalue weighted by Crippen LogP contribution is 2.34. The molecule has 3 aromatic rings. The molecule has 0 saturated carbocycles. The molecule has 0 saturated heterocycles. The predicted octanol–water partition coefficient (Wildman–Crippen LogP) is 3.43. The molecule has 1 aliphatic rings. The van der Waals surface area contributed by atoms with Crippen LogP contribution in [0.4, 0.5) is 10.5 Å². The van der Waals surface area contributed by atoms with Gasteiger partial charge in [-0.1, -0.05) is 17.7 Å². The number of benzene rings is 2. The fourth-order valence-corrected chi connectivity index (χ4v) is 4.90. The molecule has 28 heavy (non-hydrogen) atoms. The van der Waals surface area contributed by atoms with Crippen molar-refractivity contribution in [1.82, 2.24) is 15.5 Å². The summed E-state index contributed by atoms with van der Waals surface area (Å²) in [6.45, 7) is 0. The summed E-state index contributed by atoms with van der Waals surface area (Å²) in [6, 6.07) is 10.6. The number of carbonyl (C=O) groups excluding carboxylic acids is 1. The molecule has 0 spiro atoms. The Morgan fingerprint density at radius 2 is 2.07 bits per heavy atom. The van der Waals surface area contributed by atoms with Gasteiger partial charge in [-0.25, -0.2) is 13.2 Å². The maximum atomic E-state index is 12.5. The highest BCUT2D eigenvalue weighted by atomic mass is 35.5. The maximum Gasteiger partial charge on any atom is 0.319 e. The molecule has 2 N–H and O–H groups in total. The highest BCUT2D eigenvalue weighted by molar-refractivity contribution is 7.91. The lowest BCUT2D eigenvalue weighted by Gasteiger charge is -2.26. The van der Waals surface area contributed by atoms with Crippen LogP contribution >= 0.6 is 11.6 Å². The van der Waals surface area contributed by atoms with Gasteiger partial charge < -0.3 is 15.1 Å². The number of urea groups is 1. The summed E-state index contributed by atoms with van der Waals surface area (Å²) in [4.78, 5) is 12.7. The number of hydrogen-bond donors (Lipinski definition) is 2. The molecule has 0 fully saturated rings. The van der Waals surface area contributed by atoms with Crippen molar-refractivity contribution in [3.63, 3.8) is 0 Å². The summed E-state index contributed by atoms with van der Waals surface area (Å²) in [7, 11) is -3.37. The lowest BCUT2D eigenvalue weighted by molar-refractivity contribution is 0.248. The van der Waals surface area contributed by atoms with Crippen LogP contribution in [0, 0.1) is 0 Å². The number of hydrogen-bond acceptors (Lipinski definition) is 6. The van der Waals surface area contributed by atoms with Crippen LogP contribution in [0.5, 0.6) is 0 Å². The Kier molecular flexibility index (Phi) is 4.78.